The maximum Gasteiger partial charge on any atom is 0.228 e. The Morgan fingerprint density at radius 3 is 2.57 bits per heavy atom. The number of amides is 1. The highest BCUT2D eigenvalue weighted by atomic mass is 16.1. The summed E-state index contributed by atoms with van der Waals surface area (Å²) in [4.78, 5) is 16.1. The van der Waals surface area contributed by atoms with Crippen molar-refractivity contribution in [3.63, 3.8) is 0 Å². The average molecular weight is 287 g/mol. The zero-order valence-corrected chi connectivity index (χ0v) is 12.4. The standard InChI is InChI=1S/C15H21N5O/c1-11(2)7-12(8-16)15(21)19-13-3-5-14(6-4-13)20-10-17-9-18-20/h3-6,9-12H,7-8,16H2,1-2H3,(H,19,21). The van der Waals surface area contributed by atoms with Crippen LogP contribution >= 0.6 is 0 Å². The van der Waals surface area contributed by atoms with Gasteiger partial charge >= 0.3 is 0 Å². The van der Waals surface area contributed by atoms with Crippen molar-refractivity contribution in [2.24, 2.45) is 17.6 Å². The van der Waals surface area contributed by atoms with Crippen LogP contribution < -0.4 is 11.1 Å². The van der Waals surface area contributed by atoms with Gasteiger partial charge in [0.1, 0.15) is 12.7 Å². The lowest BCUT2D eigenvalue weighted by Gasteiger charge is -2.16. The second-order valence-corrected chi connectivity index (χ2v) is 5.44. The Balaban J connectivity index is 2.01. The van der Waals surface area contributed by atoms with Crippen LogP contribution in [0.3, 0.4) is 0 Å². The van der Waals surface area contributed by atoms with E-state index in [0.717, 1.165) is 17.8 Å². The molecule has 1 amide bonds. The van der Waals surface area contributed by atoms with E-state index >= 15 is 0 Å². The lowest BCUT2D eigenvalue weighted by Crippen LogP contribution is -2.30. The van der Waals surface area contributed by atoms with Crippen LogP contribution in [0.5, 0.6) is 0 Å². The summed E-state index contributed by atoms with van der Waals surface area (Å²) in [5.74, 6) is 0.263. The van der Waals surface area contributed by atoms with Gasteiger partial charge in [-0.25, -0.2) is 9.67 Å². The molecular formula is C15H21N5O. The number of hydrogen-bond acceptors (Lipinski definition) is 4. The van der Waals surface area contributed by atoms with Crippen molar-refractivity contribution in [3.05, 3.63) is 36.9 Å². The minimum Gasteiger partial charge on any atom is -0.330 e. The van der Waals surface area contributed by atoms with E-state index in [1.54, 1.807) is 11.0 Å². The van der Waals surface area contributed by atoms with E-state index in [-0.39, 0.29) is 11.8 Å². The highest BCUT2D eigenvalue weighted by molar-refractivity contribution is 5.92. The Hall–Kier alpha value is -2.21. The van der Waals surface area contributed by atoms with Gasteiger partial charge in [-0.3, -0.25) is 4.79 Å². The van der Waals surface area contributed by atoms with Crippen LogP contribution in [0, 0.1) is 11.8 Å². The molecule has 1 aromatic carbocycles. The fourth-order valence-electron chi connectivity index (χ4n) is 2.16. The molecular weight excluding hydrogens is 266 g/mol. The highest BCUT2D eigenvalue weighted by Crippen LogP contribution is 2.16. The van der Waals surface area contributed by atoms with E-state index in [1.165, 1.54) is 6.33 Å². The molecule has 1 heterocycles. The molecule has 1 atom stereocenters. The Labute approximate surface area is 124 Å². The minimum absolute atomic E-state index is 0.0281. The molecule has 0 aliphatic carbocycles. The molecule has 1 aromatic heterocycles. The van der Waals surface area contributed by atoms with Crippen molar-refractivity contribution in [1.29, 1.82) is 0 Å². The SMILES string of the molecule is CC(C)CC(CN)C(=O)Nc1ccc(-n2cncn2)cc1. The summed E-state index contributed by atoms with van der Waals surface area (Å²) in [6.45, 7) is 4.53. The fourth-order valence-corrected chi connectivity index (χ4v) is 2.16. The van der Waals surface area contributed by atoms with Gasteiger partial charge in [0.15, 0.2) is 0 Å². The lowest BCUT2D eigenvalue weighted by atomic mass is 9.96. The number of aromatic nitrogens is 3. The molecule has 3 N–H and O–H groups in total. The molecule has 21 heavy (non-hydrogen) atoms. The fraction of sp³-hybridized carbons (Fsp3) is 0.400. The van der Waals surface area contributed by atoms with Gasteiger partial charge in [0, 0.05) is 12.2 Å². The van der Waals surface area contributed by atoms with Crippen LogP contribution in [-0.4, -0.2) is 27.2 Å². The van der Waals surface area contributed by atoms with E-state index in [9.17, 15) is 4.79 Å². The number of nitrogens with zero attached hydrogens (tertiary/aromatic N) is 3. The molecule has 1 unspecified atom stereocenters. The maximum atomic E-state index is 12.2. The normalized spacial score (nSPS) is 12.4. The molecule has 0 bridgehead atoms. The molecule has 2 rings (SSSR count). The third kappa shape index (κ3) is 4.13. The first-order valence-electron chi connectivity index (χ1n) is 7.06. The van der Waals surface area contributed by atoms with E-state index in [2.05, 4.69) is 29.2 Å². The molecule has 112 valence electrons. The third-order valence-corrected chi connectivity index (χ3v) is 3.23. The average Bonchev–Trinajstić information content (AvgIpc) is 2.99. The van der Waals surface area contributed by atoms with Gasteiger partial charge in [0.25, 0.3) is 0 Å². The Morgan fingerprint density at radius 1 is 1.33 bits per heavy atom. The number of carbonyl (C=O) groups is 1. The van der Waals surface area contributed by atoms with E-state index in [1.807, 2.05) is 24.3 Å². The summed E-state index contributed by atoms with van der Waals surface area (Å²) >= 11 is 0. The Morgan fingerprint density at radius 2 is 2.05 bits per heavy atom. The zero-order valence-electron chi connectivity index (χ0n) is 12.4. The third-order valence-electron chi connectivity index (χ3n) is 3.23. The van der Waals surface area contributed by atoms with Crippen LogP contribution in [-0.2, 0) is 4.79 Å². The minimum atomic E-state index is -0.153. The van der Waals surface area contributed by atoms with Crippen LogP contribution in [0.15, 0.2) is 36.9 Å². The van der Waals surface area contributed by atoms with Crippen molar-refractivity contribution in [1.82, 2.24) is 14.8 Å². The van der Waals surface area contributed by atoms with Gasteiger partial charge in [-0.05, 0) is 36.6 Å². The summed E-state index contributed by atoms with van der Waals surface area (Å²) < 4.78 is 1.66. The second kappa shape index (κ2) is 6.99. The number of benzene rings is 1. The van der Waals surface area contributed by atoms with Crippen molar-refractivity contribution in [2.45, 2.75) is 20.3 Å². The first-order chi connectivity index (χ1) is 10.1. The first-order valence-corrected chi connectivity index (χ1v) is 7.06. The molecule has 0 fully saturated rings. The lowest BCUT2D eigenvalue weighted by molar-refractivity contribution is -0.120. The van der Waals surface area contributed by atoms with Crippen molar-refractivity contribution < 1.29 is 4.79 Å². The summed E-state index contributed by atoms with van der Waals surface area (Å²) in [7, 11) is 0. The molecule has 2 aromatic rings. The molecule has 0 saturated carbocycles. The van der Waals surface area contributed by atoms with Gasteiger partial charge in [0.2, 0.25) is 5.91 Å². The van der Waals surface area contributed by atoms with Gasteiger partial charge in [0.05, 0.1) is 11.6 Å². The maximum absolute atomic E-state index is 12.2. The predicted molar refractivity (Wildman–Crippen MR) is 82.0 cm³/mol. The van der Waals surface area contributed by atoms with Gasteiger partial charge in [-0.1, -0.05) is 13.8 Å². The van der Waals surface area contributed by atoms with Crippen LogP contribution in [0.1, 0.15) is 20.3 Å². The van der Waals surface area contributed by atoms with Gasteiger partial charge in [-0.15, -0.1) is 0 Å². The Bertz CT molecular complexity index is 562. The van der Waals surface area contributed by atoms with Crippen LogP contribution in [0.2, 0.25) is 0 Å². The molecule has 6 nitrogen and oxygen atoms in total. The van der Waals surface area contributed by atoms with Crippen molar-refractivity contribution in [3.8, 4) is 5.69 Å². The first kappa shape index (κ1) is 15.2. The molecule has 0 aliphatic heterocycles. The monoisotopic (exact) mass is 287 g/mol. The smallest absolute Gasteiger partial charge is 0.228 e. The highest BCUT2D eigenvalue weighted by Gasteiger charge is 2.18. The molecule has 0 aliphatic rings. The summed E-state index contributed by atoms with van der Waals surface area (Å²) in [6.07, 6.45) is 3.90. The van der Waals surface area contributed by atoms with Crippen LogP contribution in [0.25, 0.3) is 5.69 Å². The number of rotatable bonds is 6. The topological polar surface area (TPSA) is 85.8 Å². The summed E-state index contributed by atoms with van der Waals surface area (Å²) in [5.41, 5.74) is 7.33. The molecule has 6 heteroatoms. The number of nitrogens with two attached hydrogens (primary N) is 1. The van der Waals surface area contributed by atoms with E-state index in [0.29, 0.717) is 12.5 Å². The number of carbonyl (C=O) groups excluding carboxylic acids is 1. The predicted octanol–water partition coefficient (Wildman–Crippen LogP) is 1.83. The van der Waals surface area contributed by atoms with Crippen LogP contribution in [0.4, 0.5) is 5.69 Å². The van der Waals surface area contributed by atoms with Gasteiger partial charge in [-0.2, -0.15) is 5.10 Å². The molecule has 0 radical (unpaired) electrons. The molecule has 0 spiro atoms. The number of anilines is 1. The Kier molecular flexibility index (Phi) is 5.05. The van der Waals surface area contributed by atoms with Crippen molar-refractivity contribution in [2.75, 3.05) is 11.9 Å². The zero-order chi connectivity index (χ0) is 15.2. The largest absolute Gasteiger partial charge is 0.330 e. The van der Waals surface area contributed by atoms with Crippen molar-refractivity contribution >= 4 is 11.6 Å². The van der Waals surface area contributed by atoms with E-state index < -0.39 is 0 Å². The number of nitrogens with one attached hydrogen (secondary N) is 1. The summed E-state index contributed by atoms with van der Waals surface area (Å²) in [6, 6.07) is 7.45. The van der Waals surface area contributed by atoms with E-state index in [4.69, 9.17) is 5.73 Å². The summed E-state index contributed by atoms with van der Waals surface area (Å²) in [5, 5.41) is 6.96. The molecule has 0 saturated heterocycles. The number of hydrogen-bond donors (Lipinski definition) is 2. The quantitative estimate of drug-likeness (QED) is 0.848. The van der Waals surface area contributed by atoms with Gasteiger partial charge < -0.3 is 11.1 Å². The second-order valence-electron chi connectivity index (χ2n) is 5.44.